The Morgan fingerprint density at radius 2 is 1.31 bits per heavy atom. The van der Waals surface area contributed by atoms with Gasteiger partial charge in [0.25, 0.3) is 0 Å². The van der Waals surface area contributed by atoms with Gasteiger partial charge >= 0.3 is 14.8 Å². The van der Waals surface area contributed by atoms with Crippen LogP contribution in [0, 0.1) is 0 Å². The zero-order chi connectivity index (χ0) is 19.9. The molecule has 156 valence electrons. The number of hydrogen-bond acceptors (Lipinski definition) is 4. The van der Waals surface area contributed by atoms with Crippen LogP contribution in [0.15, 0.2) is 0 Å². The summed E-state index contributed by atoms with van der Waals surface area (Å²) in [5.41, 5.74) is 0. The maximum absolute atomic E-state index is 11.3. The Kier molecular flexibility index (Phi) is 14.3. The molecule has 0 spiro atoms. The molecule has 0 aromatic carbocycles. The van der Waals surface area contributed by atoms with Crippen LogP contribution in [0.1, 0.15) is 64.7 Å². The van der Waals surface area contributed by atoms with Crippen LogP contribution in [0.3, 0.4) is 0 Å². The Balaban J connectivity index is 4.28. The van der Waals surface area contributed by atoms with Gasteiger partial charge in [-0.05, 0) is 12.8 Å². The Labute approximate surface area is 161 Å². The highest BCUT2D eigenvalue weighted by Crippen LogP contribution is 2.18. The third-order valence-corrected chi connectivity index (χ3v) is 8.01. The largest absolute Gasteiger partial charge is 0.500 e. The highest BCUT2D eigenvalue weighted by atomic mass is 28.4. The number of aliphatic carboxylic acids is 1. The van der Waals surface area contributed by atoms with E-state index in [0.717, 1.165) is 25.9 Å². The molecule has 0 saturated carbocycles. The van der Waals surface area contributed by atoms with Crippen molar-refractivity contribution in [2.75, 3.05) is 48.0 Å². The number of quaternary nitrogens is 1. The van der Waals surface area contributed by atoms with Crippen LogP contribution in [0.4, 0.5) is 0 Å². The lowest BCUT2D eigenvalue weighted by Gasteiger charge is -2.34. The van der Waals surface area contributed by atoms with Crippen LogP contribution in [0.5, 0.6) is 0 Å². The highest BCUT2D eigenvalue weighted by Gasteiger charge is 2.38. The molecule has 1 atom stereocenters. The SMILES string of the molecule is CCCCCCCCCC[N+](C)(CCC[Si](OC)(OC)OC)CC(=O)O. The standard InChI is InChI=1S/C19H41NO5Si/c1-6-7-8-9-10-11-12-13-15-20(2,18-19(21)22)16-14-17-26(23-3,24-4)25-5/h6-18H2,1-5H3/p+1. The first-order chi connectivity index (χ1) is 12.4. The molecule has 7 heteroatoms. The Hall–Kier alpha value is -0.473. The van der Waals surface area contributed by atoms with Crippen molar-refractivity contribution >= 4 is 14.8 Å². The molecule has 0 aliphatic rings. The fraction of sp³-hybridized carbons (Fsp3) is 0.947. The van der Waals surface area contributed by atoms with Crippen molar-refractivity contribution in [1.82, 2.24) is 0 Å². The van der Waals surface area contributed by atoms with Crippen molar-refractivity contribution in [3.8, 4) is 0 Å². The molecule has 1 N–H and O–H groups in total. The predicted octanol–water partition coefficient (Wildman–Crippen LogP) is 3.93. The number of likely N-dealkylation sites (N-methyl/N-ethyl adjacent to an activating group) is 1. The number of unbranched alkanes of at least 4 members (excludes halogenated alkanes) is 7. The highest BCUT2D eigenvalue weighted by molar-refractivity contribution is 6.60. The first-order valence-electron chi connectivity index (χ1n) is 10.1. The van der Waals surface area contributed by atoms with Crippen molar-refractivity contribution in [2.45, 2.75) is 70.8 Å². The van der Waals surface area contributed by atoms with Crippen molar-refractivity contribution in [3.05, 3.63) is 0 Å². The summed E-state index contributed by atoms with van der Waals surface area (Å²) in [6, 6.07) is 0.710. The number of carboxylic acids is 1. The van der Waals surface area contributed by atoms with Gasteiger partial charge in [-0.1, -0.05) is 45.4 Å². The molecule has 0 aliphatic heterocycles. The normalized spacial score (nSPS) is 14.3. The van der Waals surface area contributed by atoms with E-state index in [-0.39, 0.29) is 6.54 Å². The molecule has 6 nitrogen and oxygen atoms in total. The van der Waals surface area contributed by atoms with E-state index in [0.29, 0.717) is 10.5 Å². The monoisotopic (exact) mass is 392 g/mol. The third-order valence-electron chi connectivity index (χ3n) is 5.18. The van der Waals surface area contributed by atoms with Gasteiger partial charge in [-0.2, -0.15) is 0 Å². The summed E-state index contributed by atoms with van der Waals surface area (Å²) in [7, 11) is 4.32. The van der Waals surface area contributed by atoms with Gasteiger partial charge in [0.15, 0.2) is 6.54 Å². The van der Waals surface area contributed by atoms with Gasteiger partial charge in [-0.3, -0.25) is 0 Å². The average molecular weight is 393 g/mol. The molecular formula is C19H42NO5Si+. The Morgan fingerprint density at radius 1 is 0.846 bits per heavy atom. The predicted molar refractivity (Wildman–Crippen MR) is 107 cm³/mol. The molecule has 0 fully saturated rings. The molecule has 0 heterocycles. The fourth-order valence-electron chi connectivity index (χ4n) is 3.46. The molecule has 0 radical (unpaired) electrons. The summed E-state index contributed by atoms with van der Waals surface area (Å²) in [5, 5.41) is 9.29. The molecule has 0 aliphatic carbocycles. The quantitative estimate of drug-likeness (QED) is 0.217. The maximum Gasteiger partial charge on any atom is 0.500 e. The molecule has 0 bridgehead atoms. The van der Waals surface area contributed by atoms with Crippen LogP contribution >= 0.6 is 0 Å². The molecule has 0 amide bonds. The Bertz CT molecular complexity index is 358. The summed E-state index contributed by atoms with van der Waals surface area (Å²) in [6.07, 6.45) is 10.9. The molecular weight excluding hydrogens is 350 g/mol. The molecule has 0 aromatic heterocycles. The third kappa shape index (κ3) is 11.3. The maximum atomic E-state index is 11.3. The minimum atomic E-state index is -2.57. The lowest BCUT2D eigenvalue weighted by Crippen LogP contribution is -2.50. The smallest absolute Gasteiger partial charge is 0.477 e. The summed E-state index contributed by atoms with van der Waals surface area (Å²) in [6.45, 7) is 4.11. The molecule has 1 unspecified atom stereocenters. The van der Waals surface area contributed by atoms with Gasteiger partial charge in [0, 0.05) is 33.8 Å². The van der Waals surface area contributed by atoms with Crippen molar-refractivity contribution in [2.24, 2.45) is 0 Å². The van der Waals surface area contributed by atoms with E-state index in [4.69, 9.17) is 13.3 Å². The van der Waals surface area contributed by atoms with Crippen LogP contribution in [0.25, 0.3) is 0 Å². The minimum Gasteiger partial charge on any atom is -0.477 e. The Morgan fingerprint density at radius 3 is 1.77 bits per heavy atom. The summed E-state index contributed by atoms with van der Waals surface area (Å²) in [5.74, 6) is -0.735. The van der Waals surface area contributed by atoms with Crippen molar-refractivity contribution in [1.29, 1.82) is 0 Å². The number of rotatable bonds is 18. The van der Waals surface area contributed by atoms with Gasteiger partial charge in [-0.15, -0.1) is 0 Å². The summed E-state index contributed by atoms with van der Waals surface area (Å²) in [4.78, 5) is 11.3. The van der Waals surface area contributed by atoms with Crippen molar-refractivity contribution < 1.29 is 27.7 Å². The van der Waals surface area contributed by atoms with Crippen LogP contribution in [-0.4, -0.2) is 72.4 Å². The number of nitrogens with zero attached hydrogens (tertiary/aromatic N) is 1. The van der Waals surface area contributed by atoms with Crippen LogP contribution < -0.4 is 0 Å². The number of carbonyl (C=O) groups is 1. The van der Waals surface area contributed by atoms with Crippen molar-refractivity contribution in [3.63, 3.8) is 0 Å². The topological polar surface area (TPSA) is 65.0 Å². The second-order valence-electron chi connectivity index (χ2n) is 7.49. The van der Waals surface area contributed by atoms with Gasteiger partial charge in [0.1, 0.15) is 0 Å². The van der Waals surface area contributed by atoms with Gasteiger partial charge < -0.3 is 22.9 Å². The number of hydrogen-bond donors (Lipinski definition) is 1. The van der Waals surface area contributed by atoms with Gasteiger partial charge in [-0.25, -0.2) is 4.79 Å². The van der Waals surface area contributed by atoms with E-state index >= 15 is 0 Å². The minimum absolute atomic E-state index is 0.165. The van der Waals surface area contributed by atoms with E-state index in [2.05, 4.69) is 6.92 Å². The second kappa shape index (κ2) is 14.6. The summed E-state index contributed by atoms with van der Waals surface area (Å²) < 4.78 is 16.9. The molecule has 0 saturated heterocycles. The van der Waals surface area contributed by atoms with Gasteiger partial charge in [0.05, 0.1) is 20.1 Å². The first-order valence-corrected chi connectivity index (χ1v) is 12.0. The first kappa shape index (κ1) is 25.5. The van der Waals surface area contributed by atoms with E-state index < -0.39 is 14.8 Å². The lowest BCUT2D eigenvalue weighted by molar-refractivity contribution is -0.902. The molecule has 26 heavy (non-hydrogen) atoms. The van der Waals surface area contributed by atoms with E-state index in [1.54, 1.807) is 21.3 Å². The fourth-order valence-corrected chi connectivity index (χ4v) is 5.16. The van der Waals surface area contributed by atoms with Gasteiger partial charge in [0.2, 0.25) is 0 Å². The second-order valence-corrected chi connectivity index (χ2v) is 10.6. The number of carboxylic acid groups (broad SMARTS) is 1. The summed E-state index contributed by atoms with van der Waals surface area (Å²) >= 11 is 0. The average Bonchev–Trinajstić information content (AvgIpc) is 2.61. The van der Waals surface area contributed by atoms with E-state index in [9.17, 15) is 9.90 Å². The molecule has 0 aromatic rings. The zero-order valence-corrected chi connectivity index (χ0v) is 18.7. The zero-order valence-electron chi connectivity index (χ0n) is 17.7. The molecule has 0 rings (SSSR count). The van der Waals surface area contributed by atoms with Crippen LogP contribution in [-0.2, 0) is 18.1 Å². The lowest BCUT2D eigenvalue weighted by atomic mass is 10.1. The van der Waals surface area contributed by atoms with E-state index in [1.165, 1.54) is 44.9 Å². The van der Waals surface area contributed by atoms with E-state index in [1.807, 2.05) is 7.05 Å². The van der Waals surface area contributed by atoms with Crippen LogP contribution in [0.2, 0.25) is 6.04 Å².